The molecule has 5 rings (SSSR count). The summed E-state index contributed by atoms with van der Waals surface area (Å²) in [6.07, 6.45) is 1.74. The lowest BCUT2D eigenvalue weighted by atomic mass is 9.96. The first-order valence-corrected chi connectivity index (χ1v) is 13.0. The van der Waals surface area contributed by atoms with Gasteiger partial charge in [-0.25, -0.2) is 0 Å². The molecule has 2 N–H and O–H groups in total. The van der Waals surface area contributed by atoms with Crippen LogP contribution in [-0.2, 0) is 4.79 Å². The average Bonchev–Trinajstić information content (AvgIpc) is 3.43. The molecular formula is C29H28N6O4S. The second-order valence-electron chi connectivity index (χ2n) is 9.50. The van der Waals surface area contributed by atoms with Crippen LogP contribution in [0.15, 0.2) is 72.9 Å². The molecule has 1 saturated heterocycles. The highest BCUT2D eigenvalue weighted by molar-refractivity contribution is 7.80. The van der Waals surface area contributed by atoms with Crippen molar-refractivity contribution in [3.63, 3.8) is 0 Å². The number of thiocarbonyl (C=S) groups is 1. The second kappa shape index (κ2) is 10.8. The molecule has 204 valence electrons. The zero-order valence-electron chi connectivity index (χ0n) is 22.4. The number of hydrogen-bond acceptors (Lipinski definition) is 6. The zero-order valence-corrected chi connectivity index (χ0v) is 23.2. The largest absolute Gasteiger partial charge is 0.496 e. The Balaban J connectivity index is 1.66. The molecule has 1 fully saturated rings. The molecule has 2 aromatic carbocycles. The summed E-state index contributed by atoms with van der Waals surface area (Å²) in [7, 11) is 1.48. The summed E-state index contributed by atoms with van der Waals surface area (Å²) in [4.78, 5) is 29.8. The van der Waals surface area contributed by atoms with Gasteiger partial charge in [0.2, 0.25) is 5.91 Å². The predicted octanol–water partition coefficient (Wildman–Crippen LogP) is 5.54. The van der Waals surface area contributed by atoms with Gasteiger partial charge < -0.3 is 24.8 Å². The number of aryl methyl sites for hydroxylation is 1. The van der Waals surface area contributed by atoms with Crippen molar-refractivity contribution in [2.45, 2.75) is 32.9 Å². The van der Waals surface area contributed by atoms with Crippen LogP contribution in [0.2, 0.25) is 0 Å². The van der Waals surface area contributed by atoms with Crippen LogP contribution < -0.4 is 20.3 Å². The van der Waals surface area contributed by atoms with Crippen LogP contribution in [0.25, 0.3) is 5.69 Å². The number of nitro groups is 1. The Kier molecular flexibility index (Phi) is 7.22. The van der Waals surface area contributed by atoms with Crippen LogP contribution in [0.3, 0.4) is 0 Å². The molecule has 1 aliphatic rings. The number of nitrogens with zero attached hydrogens (tertiary/aromatic N) is 4. The van der Waals surface area contributed by atoms with Gasteiger partial charge in [-0.3, -0.25) is 19.9 Å². The third kappa shape index (κ3) is 4.87. The number of carbonyl (C=O) groups excluding carboxylic acids is 1. The summed E-state index contributed by atoms with van der Waals surface area (Å²) in [5.74, 6) is 0.256. The highest BCUT2D eigenvalue weighted by Gasteiger charge is 2.42. The molecule has 2 atom stereocenters. The van der Waals surface area contributed by atoms with E-state index in [1.54, 1.807) is 18.3 Å². The van der Waals surface area contributed by atoms with E-state index in [9.17, 15) is 14.9 Å². The van der Waals surface area contributed by atoms with Gasteiger partial charge in [-0.2, -0.15) is 0 Å². The normalized spacial score (nSPS) is 16.5. The van der Waals surface area contributed by atoms with E-state index in [1.807, 2.05) is 71.8 Å². The van der Waals surface area contributed by atoms with Crippen molar-refractivity contribution in [2.75, 3.05) is 17.3 Å². The number of rotatable bonds is 7. The second-order valence-corrected chi connectivity index (χ2v) is 9.88. The minimum atomic E-state index is -0.401. The molecule has 0 spiro atoms. The summed E-state index contributed by atoms with van der Waals surface area (Å²) in [5, 5.41) is 18.8. The first kappa shape index (κ1) is 26.8. The number of hydrogen-bond donors (Lipinski definition) is 2. The molecule has 4 aromatic rings. The molecule has 10 nitrogen and oxygen atoms in total. The van der Waals surface area contributed by atoms with E-state index in [-0.39, 0.29) is 23.7 Å². The molecule has 3 heterocycles. The average molecular weight is 557 g/mol. The molecule has 11 heteroatoms. The number of methoxy groups -OCH3 is 1. The van der Waals surface area contributed by atoms with Gasteiger partial charge in [0.05, 0.1) is 35.9 Å². The van der Waals surface area contributed by atoms with Crippen molar-refractivity contribution in [2.24, 2.45) is 0 Å². The minimum Gasteiger partial charge on any atom is -0.496 e. The van der Waals surface area contributed by atoms with Crippen LogP contribution >= 0.6 is 12.2 Å². The topological polar surface area (TPSA) is 115 Å². The van der Waals surface area contributed by atoms with Crippen LogP contribution in [0, 0.1) is 24.0 Å². The molecule has 0 saturated carbocycles. The van der Waals surface area contributed by atoms with Gasteiger partial charge in [0, 0.05) is 35.9 Å². The van der Waals surface area contributed by atoms with Crippen molar-refractivity contribution < 1.29 is 14.5 Å². The number of carbonyl (C=O) groups is 1. The van der Waals surface area contributed by atoms with Crippen LogP contribution in [-0.4, -0.2) is 32.6 Å². The Labute approximate surface area is 236 Å². The Bertz CT molecular complexity index is 1600. The van der Waals surface area contributed by atoms with E-state index in [0.29, 0.717) is 22.2 Å². The first-order chi connectivity index (χ1) is 19.2. The number of pyridine rings is 1. The van der Waals surface area contributed by atoms with Crippen molar-refractivity contribution in [1.29, 1.82) is 0 Å². The maximum atomic E-state index is 12.0. The van der Waals surface area contributed by atoms with Crippen molar-refractivity contribution in [3.05, 3.63) is 106 Å². The van der Waals surface area contributed by atoms with E-state index in [0.717, 1.165) is 28.3 Å². The van der Waals surface area contributed by atoms with Crippen LogP contribution in [0.5, 0.6) is 5.75 Å². The fraction of sp³-hybridized carbons (Fsp3) is 0.207. The first-order valence-electron chi connectivity index (χ1n) is 12.6. The summed E-state index contributed by atoms with van der Waals surface area (Å²) in [6, 6.07) is 19.5. The monoisotopic (exact) mass is 556 g/mol. The van der Waals surface area contributed by atoms with Gasteiger partial charge in [-0.1, -0.05) is 6.07 Å². The number of benzene rings is 2. The van der Waals surface area contributed by atoms with E-state index in [4.69, 9.17) is 17.0 Å². The molecule has 1 amide bonds. The summed E-state index contributed by atoms with van der Waals surface area (Å²) in [6.45, 7) is 5.34. The van der Waals surface area contributed by atoms with Crippen molar-refractivity contribution in [3.8, 4) is 11.4 Å². The Hall–Kier alpha value is -4.77. The Morgan fingerprint density at radius 2 is 1.88 bits per heavy atom. The summed E-state index contributed by atoms with van der Waals surface area (Å²) >= 11 is 5.85. The Morgan fingerprint density at radius 3 is 2.50 bits per heavy atom. The lowest BCUT2D eigenvalue weighted by Gasteiger charge is -2.28. The highest BCUT2D eigenvalue weighted by atomic mass is 32.1. The van der Waals surface area contributed by atoms with Gasteiger partial charge in [-0.05, 0) is 86.2 Å². The fourth-order valence-electron chi connectivity index (χ4n) is 5.28. The maximum Gasteiger partial charge on any atom is 0.296 e. The third-order valence-electron chi connectivity index (χ3n) is 6.97. The number of ether oxygens (including phenoxy) is 1. The molecule has 0 radical (unpaired) electrons. The summed E-state index contributed by atoms with van der Waals surface area (Å²) < 4.78 is 7.13. The smallest absolute Gasteiger partial charge is 0.296 e. The highest BCUT2D eigenvalue weighted by Crippen LogP contribution is 2.44. The lowest BCUT2D eigenvalue weighted by Crippen LogP contribution is -2.29. The van der Waals surface area contributed by atoms with Gasteiger partial charge >= 0.3 is 0 Å². The predicted molar refractivity (Wildman–Crippen MR) is 157 cm³/mol. The maximum absolute atomic E-state index is 12.0. The van der Waals surface area contributed by atoms with E-state index in [2.05, 4.69) is 15.6 Å². The van der Waals surface area contributed by atoms with Gasteiger partial charge in [0.25, 0.3) is 5.69 Å². The Morgan fingerprint density at radius 1 is 1.12 bits per heavy atom. The minimum absolute atomic E-state index is 0.0561. The van der Waals surface area contributed by atoms with E-state index in [1.165, 1.54) is 20.1 Å². The molecular weight excluding hydrogens is 528 g/mol. The number of nitrogens with one attached hydrogen (secondary N) is 2. The molecule has 0 aliphatic carbocycles. The lowest BCUT2D eigenvalue weighted by molar-refractivity contribution is -0.384. The summed E-state index contributed by atoms with van der Waals surface area (Å²) in [5.41, 5.74) is 5.32. The van der Waals surface area contributed by atoms with Gasteiger partial charge in [0.15, 0.2) is 5.11 Å². The molecule has 40 heavy (non-hydrogen) atoms. The van der Waals surface area contributed by atoms with Gasteiger partial charge in [-0.15, -0.1) is 0 Å². The quantitative estimate of drug-likeness (QED) is 0.173. The van der Waals surface area contributed by atoms with Crippen molar-refractivity contribution in [1.82, 2.24) is 14.9 Å². The molecule has 1 aliphatic heterocycles. The number of aromatic nitrogens is 2. The van der Waals surface area contributed by atoms with E-state index < -0.39 is 4.92 Å². The fourth-order valence-corrected chi connectivity index (χ4v) is 5.63. The molecule has 0 unspecified atom stereocenters. The molecule has 2 aromatic heterocycles. The van der Waals surface area contributed by atoms with Crippen LogP contribution in [0.1, 0.15) is 41.7 Å². The number of anilines is 2. The van der Waals surface area contributed by atoms with E-state index >= 15 is 0 Å². The van der Waals surface area contributed by atoms with Crippen LogP contribution in [0.4, 0.5) is 17.1 Å². The third-order valence-corrected chi connectivity index (χ3v) is 7.29. The zero-order chi connectivity index (χ0) is 28.6. The van der Waals surface area contributed by atoms with Crippen molar-refractivity contribution >= 4 is 40.3 Å². The number of nitro benzene ring substituents is 1. The molecule has 0 bridgehead atoms. The number of amides is 1. The SMILES string of the molecule is COc1ccc(-n2c(C)cc([C@H]3[C@H](c4ccccn4)NC(=S)N3c3ccc(NC(C)=O)cc3)c2C)c([N+](=O)[O-])c1. The van der Waals surface area contributed by atoms with Gasteiger partial charge in [0.1, 0.15) is 11.4 Å². The standard InChI is InChI=1S/C29H28N6O4S/c1-17-15-23(18(2)33(17)25-13-12-22(39-4)16-26(25)35(37)38)28-27(24-7-5-6-14-30-24)32-29(40)34(28)21-10-8-20(9-11-21)31-19(3)36/h5-16,27-28H,1-4H3,(H,31,36)(H,32,40)/t27-,28-/m0/s1.